The van der Waals surface area contributed by atoms with Gasteiger partial charge in [0.15, 0.2) is 23.0 Å². The van der Waals surface area contributed by atoms with Crippen LogP contribution in [0.5, 0.6) is 46.0 Å². The normalized spacial score (nSPS) is 11.8. The molecule has 0 fully saturated rings. The second kappa shape index (κ2) is 13.3. The third-order valence-corrected chi connectivity index (χ3v) is 8.18. The first-order chi connectivity index (χ1) is 23.6. The Kier molecular flexibility index (Phi) is 8.44. The lowest BCUT2D eigenvalue weighted by Crippen LogP contribution is -1.93. The number of fused-ring (bicyclic) bond motifs is 4. The molecule has 0 atom stereocenters. The van der Waals surface area contributed by atoms with Crippen LogP contribution in [0.4, 0.5) is 5.69 Å². The molecule has 0 radical (unpaired) electrons. The Bertz CT molecular complexity index is 2250. The van der Waals surface area contributed by atoms with Crippen molar-refractivity contribution in [2.75, 3.05) is 40.3 Å². The molecule has 0 amide bonds. The largest absolute Gasteiger partial charge is 0.493 e. The van der Waals surface area contributed by atoms with Gasteiger partial charge in [0.1, 0.15) is 23.0 Å². The molecule has 0 saturated heterocycles. The van der Waals surface area contributed by atoms with Gasteiger partial charge in [-0.05, 0) is 78.7 Å². The monoisotopic (exact) mass is 642 g/mol. The van der Waals surface area contributed by atoms with Crippen LogP contribution < -0.4 is 33.7 Å². The van der Waals surface area contributed by atoms with Crippen LogP contribution in [0.25, 0.3) is 32.7 Å². The van der Waals surface area contributed by atoms with E-state index in [9.17, 15) is 0 Å². The molecular weight excluding hydrogens is 608 g/mol. The molecule has 2 N–H and O–H groups in total. The highest BCUT2D eigenvalue weighted by Crippen LogP contribution is 2.39. The minimum Gasteiger partial charge on any atom is -0.493 e. The summed E-state index contributed by atoms with van der Waals surface area (Å²) in [5.74, 6) is 5.64. The molecule has 48 heavy (non-hydrogen) atoms. The van der Waals surface area contributed by atoms with Gasteiger partial charge in [0.05, 0.1) is 39.5 Å². The van der Waals surface area contributed by atoms with E-state index in [1.807, 2.05) is 72.9 Å². The standard InChI is InChI=1S/C19H18N2O3.C19H16N2O3/c2*1-22-18-10-14-16(11-19(18)23-2)21-8-6-17(14)24-13-3-4-15-12(9-13)5-7-20-15/h3-4,6,8-11,20H,5,7H2,1-2H3;3-11,20H,1-2H3. The van der Waals surface area contributed by atoms with Crippen LogP contribution in [0.3, 0.4) is 0 Å². The lowest BCUT2D eigenvalue weighted by atomic mass is 10.1. The molecule has 0 saturated carbocycles. The van der Waals surface area contributed by atoms with Crippen molar-refractivity contribution in [2.24, 2.45) is 0 Å². The van der Waals surface area contributed by atoms with Gasteiger partial charge in [-0.25, -0.2) is 0 Å². The minimum atomic E-state index is 0.642. The molecule has 10 heteroatoms. The summed E-state index contributed by atoms with van der Waals surface area (Å²) >= 11 is 0. The van der Waals surface area contributed by atoms with Gasteiger partial charge in [-0.2, -0.15) is 0 Å². The number of methoxy groups -OCH3 is 4. The Hall–Kier alpha value is -6.16. The first-order valence-corrected chi connectivity index (χ1v) is 15.4. The van der Waals surface area contributed by atoms with Crippen LogP contribution in [0.1, 0.15) is 5.56 Å². The summed E-state index contributed by atoms with van der Waals surface area (Å²) in [6.45, 7) is 0.980. The number of pyridine rings is 2. The molecule has 1 aliphatic heterocycles. The van der Waals surface area contributed by atoms with E-state index in [1.54, 1.807) is 40.8 Å². The van der Waals surface area contributed by atoms with Crippen LogP contribution in [0.15, 0.2) is 97.5 Å². The highest BCUT2D eigenvalue weighted by molar-refractivity contribution is 5.89. The van der Waals surface area contributed by atoms with Crippen molar-refractivity contribution < 1.29 is 28.4 Å². The zero-order valence-corrected chi connectivity index (χ0v) is 27.0. The number of hydrogen-bond acceptors (Lipinski definition) is 9. The number of nitrogens with one attached hydrogen (secondary N) is 2. The first kappa shape index (κ1) is 30.5. The maximum atomic E-state index is 6.13. The maximum absolute atomic E-state index is 6.13. The number of rotatable bonds is 8. The Morgan fingerprint density at radius 2 is 1.12 bits per heavy atom. The molecule has 242 valence electrons. The number of ether oxygens (including phenoxy) is 6. The number of nitrogens with zero attached hydrogens (tertiary/aromatic N) is 2. The smallest absolute Gasteiger partial charge is 0.162 e. The maximum Gasteiger partial charge on any atom is 0.162 e. The molecule has 8 rings (SSSR count). The van der Waals surface area contributed by atoms with E-state index in [1.165, 1.54) is 11.3 Å². The van der Waals surface area contributed by atoms with Crippen LogP contribution >= 0.6 is 0 Å². The molecule has 1 aliphatic rings. The fourth-order valence-corrected chi connectivity index (χ4v) is 5.77. The van der Waals surface area contributed by atoms with Gasteiger partial charge < -0.3 is 38.7 Å². The number of aromatic amines is 1. The summed E-state index contributed by atoms with van der Waals surface area (Å²) in [4.78, 5) is 12.0. The molecule has 7 aromatic rings. The Balaban J connectivity index is 0.000000152. The third-order valence-electron chi connectivity index (χ3n) is 8.18. The highest BCUT2D eigenvalue weighted by Gasteiger charge is 2.15. The van der Waals surface area contributed by atoms with E-state index >= 15 is 0 Å². The zero-order chi connectivity index (χ0) is 33.0. The summed E-state index contributed by atoms with van der Waals surface area (Å²) in [6.07, 6.45) is 6.39. The van der Waals surface area contributed by atoms with Crippen molar-refractivity contribution in [2.45, 2.75) is 6.42 Å². The molecule has 3 aromatic heterocycles. The number of hydrogen-bond donors (Lipinski definition) is 2. The summed E-state index contributed by atoms with van der Waals surface area (Å²) in [6, 6.07) is 25.2. The molecule has 0 unspecified atom stereocenters. The van der Waals surface area contributed by atoms with Crippen LogP contribution in [0, 0.1) is 0 Å². The number of benzene rings is 4. The van der Waals surface area contributed by atoms with E-state index < -0.39 is 0 Å². The van der Waals surface area contributed by atoms with Gasteiger partial charge in [-0.1, -0.05) is 0 Å². The van der Waals surface area contributed by atoms with Crippen molar-refractivity contribution in [3.05, 3.63) is 103 Å². The van der Waals surface area contributed by atoms with Crippen molar-refractivity contribution >= 4 is 38.4 Å². The van der Waals surface area contributed by atoms with Crippen molar-refractivity contribution in [3.8, 4) is 46.0 Å². The highest BCUT2D eigenvalue weighted by atomic mass is 16.5. The van der Waals surface area contributed by atoms with Crippen molar-refractivity contribution in [1.82, 2.24) is 15.0 Å². The molecule has 0 bridgehead atoms. The first-order valence-electron chi connectivity index (χ1n) is 15.4. The molecule has 4 heterocycles. The fraction of sp³-hybridized carbons (Fsp3) is 0.158. The Morgan fingerprint density at radius 3 is 1.73 bits per heavy atom. The van der Waals surface area contributed by atoms with Crippen LogP contribution in [-0.4, -0.2) is 49.9 Å². The quantitative estimate of drug-likeness (QED) is 0.169. The predicted molar refractivity (Wildman–Crippen MR) is 187 cm³/mol. The minimum absolute atomic E-state index is 0.642. The van der Waals surface area contributed by atoms with Gasteiger partial charge in [0.25, 0.3) is 0 Å². The number of H-pyrrole nitrogens is 1. The molecule has 10 nitrogen and oxygen atoms in total. The van der Waals surface area contributed by atoms with E-state index in [4.69, 9.17) is 28.4 Å². The van der Waals surface area contributed by atoms with E-state index in [-0.39, 0.29) is 0 Å². The van der Waals surface area contributed by atoms with E-state index in [2.05, 4.69) is 32.4 Å². The average Bonchev–Trinajstić information content (AvgIpc) is 3.80. The van der Waals surface area contributed by atoms with Crippen molar-refractivity contribution in [1.29, 1.82) is 0 Å². The number of aromatic nitrogens is 3. The molecule has 0 spiro atoms. The van der Waals surface area contributed by atoms with Gasteiger partial charge >= 0.3 is 0 Å². The predicted octanol–water partition coefficient (Wildman–Crippen LogP) is 8.54. The second-order valence-electron chi connectivity index (χ2n) is 11.0. The summed E-state index contributed by atoms with van der Waals surface area (Å²) < 4.78 is 33.7. The summed E-state index contributed by atoms with van der Waals surface area (Å²) in [7, 11) is 6.45. The molecule has 4 aromatic carbocycles. The lowest BCUT2D eigenvalue weighted by molar-refractivity contribution is 0.355. The van der Waals surface area contributed by atoms with E-state index in [0.29, 0.717) is 23.0 Å². The average molecular weight is 643 g/mol. The summed E-state index contributed by atoms with van der Waals surface area (Å²) in [5, 5.41) is 6.20. The van der Waals surface area contributed by atoms with Gasteiger partial charge in [0.2, 0.25) is 0 Å². The third kappa shape index (κ3) is 6.03. The summed E-state index contributed by atoms with van der Waals surface area (Å²) in [5.41, 5.74) is 5.13. The van der Waals surface area contributed by atoms with Crippen LogP contribution in [-0.2, 0) is 6.42 Å². The Labute approximate surface area is 277 Å². The van der Waals surface area contributed by atoms with Gasteiger partial charge in [-0.15, -0.1) is 0 Å². The van der Waals surface area contributed by atoms with E-state index in [0.717, 1.165) is 68.7 Å². The topological polar surface area (TPSA) is 109 Å². The second-order valence-corrected chi connectivity index (χ2v) is 11.0. The Morgan fingerprint density at radius 1 is 0.562 bits per heavy atom. The van der Waals surface area contributed by atoms with Crippen molar-refractivity contribution in [3.63, 3.8) is 0 Å². The fourth-order valence-electron chi connectivity index (χ4n) is 5.77. The zero-order valence-electron chi connectivity index (χ0n) is 27.0. The number of anilines is 1. The lowest BCUT2D eigenvalue weighted by Gasteiger charge is -2.13. The van der Waals surface area contributed by atoms with Gasteiger partial charge in [0, 0.05) is 64.6 Å². The molecular formula is C38H34N4O6. The molecule has 0 aliphatic carbocycles. The SMILES string of the molecule is COc1cc2nccc(Oc3ccc4[nH]ccc4c3)c2cc1OC.COc1cc2nccc(Oc3ccc4c(c3)CCN4)c2cc1OC. The van der Waals surface area contributed by atoms with Gasteiger partial charge in [-0.3, -0.25) is 9.97 Å². The van der Waals surface area contributed by atoms with Crippen LogP contribution in [0.2, 0.25) is 0 Å².